The number of ether oxygens (including phenoxy) is 1. The molecule has 1 saturated heterocycles. The van der Waals surface area contributed by atoms with Gasteiger partial charge >= 0.3 is 5.97 Å². The molecule has 7 nitrogen and oxygen atoms in total. The molecule has 2 heterocycles. The summed E-state index contributed by atoms with van der Waals surface area (Å²) < 4.78 is 5.28. The van der Waals surface area contributed by atoms with Gasteiger partial charge in [-0.15, -0.1) is 0 Å². The highest BCUT2D eigenvalue weighted by atomic mass is 16.5. The normalized spacial score (nSPS) is 14.8. The molecular weight excluding hydrogens is 252 g/mol. The number of hydrogen-bond donors (Lipinski definition) is 1. The summed E-state index contributed by atoms with van der Waals surface area (Å²) in [7, 11) is 0. The summed E-state index contributed by atoms with van der Waals surface area (Å²) in [6.45, 7) is 0.275. The Labute approximate surface area is 108 Å². The quantitative estimate of drug-likeness (QED) is 0.768. The van der Waals surface area contributed by atoms with Gasteiger partial charge in [-0.05, 0) is 6.07 Å². The lowest BCUT2D eigenvalue weighted by Gasteiger charge is -2.14. The van der Waals surface area contributed by atoms with Crippen LogP contribution in [0.15, 0.2) is 18.5 Å². The molecule has 7 heteroatoms. The second kappa shape index (κ2) is 5.47. The fourth-order valence-electron chi connectivity index (χ4n) is 1.74. The fraction of sp³-hybridized carbons (Fsp3) is 0.333. The largest absolute Gasteiger partial charge is 0.490 e. The van der Waals surface area contributed by atoms with Gasteiger partial charge in [0, 0.05) is 19.0 Å². The molecule has 1 aliphatic rings. The van der Waals surface area contributed by atoms with Gasteiger partial charge in [0.15, 0.2) is 0 Å². The van der Waals surface area contributed by atoms with Crippen molar-refractivity contribution >= 4 is 17.8 Å². The molecule has 0 radical (unpaired) electrons. The van der Waals surface area contributed by atoms with Crippen LogP contribution in [0.1, 0.15) is 23.2 Å². The molecule has 0 spiro atoms. The first-order valence-electron chi connectivity index (χ1n) is 5.72. The van der Waals surface area contributed by atoms with E-state index in [0.29, 0.717) is 5.75 Å². The van der Waals surface area contributed by atoms with Crippen molar-refractivity contribution in [3.8, 4) is 5.75 Å². The highest BCUT2D eigenvalue weighted by Crippen LogP contribution is 2.13. The molecule has 0 unspecified atom stereocenters. The van der Waals surface area contributed by atoms with Crippen molar-refractivity contribution in [2.45, 2.75) is 12.8 Å². The van der Waals surface area contributed by atoms with Gasteiger partial charge in [-0.1, -0.05) is 0 Å². The van der Waals surface area contributed by atoms with Crippen LogP contribution < -0.4 is 4.74 Å². The Balaban J connectivity index is 1.89. The number of aromatic nitrogens is 1. The topological polar surface area (TPSA) is 96.8 Å². The van der Waals surface area contributed by atoms with Crippen molar-refractivity contribution in [2.75, 3.05) is 13.2 Å². The van der Waals surface area contributed by atoms with E-state index in [0.717, 1.165) is 4.90 Å². The van der Waals surface area contributed by atoms with E-state index in [4.69, 9.17) is 9.84 Å². The molecule has 2 amide bonds. The third kappa shape index (κ3) is 3.06. The average molecular weight is 264 g/mol. The molecule has 0 bridgehead atoms. The average Bonchev–Trinajstić information content (AvgIpc) is 2.71. The molecule has 1 N–H and O–H groups in total. The van der Waals surface area contributed by atoms with Crippen molar-refractivity contribution < 1.29 is 24.2 Å². The summed E-state index contributed by atoms with van der Waals surface area (Å²) in [6, 6.07) is 1.34. The van der Waals surface area contributed by atoms with Gasteiger partial charge in [-0.3, -0.25) is 19.5 Å². The van der Waals surface area contributed by atoms with Gasteiger partial charge in [-0.2, -0.15) is 0 Å². The zero-order valence-electron chi connectivity index (χ0n) is 10.0. The van der Waals surface area contributed by atoms with Crippen LogP contribution in [-0.2, 0) is 9.59 Å². The summed E-state index contributed by atoms with van der Waals surface area (Å²) in [4.78, 5) is 38.3. The summed E-state index contributed by atoms with van der Waals surface area (Å²) in [5, 5.41) is 8.78. The predicted octanol–water partition coefficient (Wildman–Crippen LogP) is 0.308. The molecule has 0 aliphatic carbocycles. The molecule has 2 rings (SSSR count). The first kappa shape index (κ1) is 13.0. The lowest BCUT2D eigenvalue weighted by Crippen LogP contribution is -2.33. The van der Waals surface area contributed by atoms with Crippen molar-refractivity contribution in [3.63, 3.8) is 0 Å². The Kier molecular flexibility index (Phi) is 3.74. The van der Waals surface area contributed by atoms with Crippen LogP contribution in [0, 0.1) is 0 Å². The van der Waals surface area contributed by atoms with Crippen LogP contribution in [0.4, 0.5) is 0 Å². The maximum atomic E-state index is 11.3. The van der Waals surface area contributed by atoms with E-state index in [1.54, 1.807) is 0 Å². The standard InChI is InChI=1S/C12H12N2O5/c15-10-1-2-11(16)14(10)3-4-19-9-5-8(12(17)18)6-13-7-9/h5-7H,1-4H2,(H,17,18). The predicted molar refractivity (Wildman–Crippen MR) is 62.6 cm³/mol. The zero-order valence-corrected chi connectivity index (χ0v) is 10.0. The third-order valence-electron chi connectivity index (χ3n) is 2.70. The maximum absolute atomic E-state index is 11.3. The number of carbonyl (C=O) groups is 3. The monoisotopic (exact) mass is 264 g/mol. The molecule has 0 saturated carbocycles. The Morgan fingerprint density at radius 2 is 2.00 bits per heavy atom. The first-order chi connectivity index (χ1) is 9.08. The van der Waals surface area contributed by atoms with Gasteiger partial charge in [0.25, 0.3) is 0 Å². The summed E-state index contributed by atoms with van der Waals surface area (Å²) in [5.74, 6) is -1.21. The lowest BCUT2D eigenvalue weighted by atomic mass is 10.3. The van der Waals surface area contributed by atoms with Crippen molar-refractivity contribution in [1.29, 1.82) is 0 Å². The minimum absolute atomic E-state index is 0.0193. The van der Waals surface area contributed by atoms with Gasteiger partial charge in [-0.25, -0.2) is 4.79 Å². The minimum Gasteiger partial charge on any atom is -0.490 e. The third-order valence-corrected chi connectivity index (χ3v) is 2.70. The molecule has 0 aromatic carbocycles. The number of rotatable bonds is 5. The van der Waals surface area contributed by atoms with Crippen molar-refractivity contribution in [2.24, 2.45) is 0 Å². The maximum Gasteiger partial charge on any atom is 0.337 e. The summed E-state index contributed by atoms with van der Waals surface area (Å²) >= 11 is 0. The van der Waals surface area contributed by atoms with Crippen molar-refractivity contribution in [1.82, 2.24) is 9.88 Å². The van der Waals surface area contributed by atoms with E-state index in [1.165, 1.54) is 18.5 Å². The van der Waals surface area contributed by atoms with Gasteiger partial charge in [0.2, 0.25) is 11.8 Å². The SMILES string of the molecule is O=C(O)c1cncc(OCCN2C(=O)CCC2=O)c1. The lowest BCUT2D eigenvalue weighted by molar-refractivity contribution is -0.138. The van der Waals surface area contributed by atoms with Gasteiger partial charge in [0.05, 0.1) is 18.3 Å². The number of likely N-dealkylation sites (tertiary alicyclic amines) is 1. The second-order valence-electron chi connectivity index (χ2n) is 4.00. The molecule has 1 aromatic heterocycles. The van der Waals surface area contributed by atoms with Crippen molar-refractivity contribution in [3.05, 3.63) is 24.0 Å². The molecule has 19 heavy (non-hydrogen) atoms. The van der Waals surface area contributed by atoms with Crippen LogP contribution in [0.25, 0.3) is 0 Å². The van der Waals surface area contributed by atoms with Crippen LogP contribution in [0.3, 0.4) is 0 Å². The molecule has 100 valence electrons. The van der Waals surface area contributed by atoms with Crippen LogP contribution >= 0.6 is 0 Å². The Morgan fingerprint density at radius 1 is 1.32 bits per heavy atom. The number of nitrogens with zero attached hydrogens (tertiary/aromatic N) is 2. The number of amides is 2. The van der Waals surface area contributed by atoms with E-state index in [2.05, 4.69) is 4.98 Å². The molecule has 1 fully saturated rings. The second-order valence-corrected chi connectivity index (χ2v) is 4.00. The number of hydrogen-bond acceptors (Lipinski definition) is 5. The van der Waals surface area contributed by atoms with E-state index < -0.39 is 5.97 Å². The molecular formula is C12H12N2O5. The number of aromatic carboxylic acids is 1. The van der Waals surface area contributed by atoms with Gasteiger partial charge < -0.3 is 9.84 Å². The molecule has 1 aromatic rings. The molecule has 0 atom stereocenters. The van der Waals surface area contributed by atoms with Crippen LogP contribution in [0.2, 0.25) is 0 Å². The Morgan fingerprint density at radius 3 is 2.63 bits per heavy atom. The smallest absolute Gasteiger partial charge is 0.337 e. The fourth-order valence-corrected chi connectivity index (χ4v) is 1.74. The number of imide groups is 1. The Hall–Kier alpha value is -2.44. The Bertz CT molecular complexity index is 513. The summed E-state index contributed by atoms with van der Waals surface area (Å²) in [5.41, 5.74) is 0.0193. The van der Waals surface area contributed by atoms with E-state index >= 15 is 0 Å². The van der Waals surface area contributed by atoms with E-state index in [1.807, 2.05) is 0 Å². The number of pyridine rings is 1. The van der Waals surface area contributed by atoms with Gasteiger partial charge in [0.1, 0.15) is 12.4 Å². The zero-order chi connectivity index (χ0) is 13.8. The number of carboxylic acids is 1. The highest BCUT2D eigenvalue weighted by molar-refractivity contribution is 6.01. The van der Waals surface area contributed by atoms with Crippen LogP contribution in [0.5, 0.6) is 5.75 Å². The number of carbonyl (C=O) groups excluding carboxylic acids is 2. The van der Waals surface area contributed by atoms with E-state index in [9.17, 15) is 14.4 Å². The number of carboxylic acid groups (broad SMARTS) is 1. The van der Waals surface area contributed by atoms with E-state index in [-0.39, 0.29) is 43.4 Å². The minimum atomic E-state index is -1.09. The molecule has 1 aliphatic heterocycles. The highest BCUT2D eigenvalue weighted by Gasteiger charge is 2.28. The first-order valence-corrected chi connectivity index (χ1v) is 5.72. The summed E-state index contributed by atoms with van der Waals surface area (Å²) in [6.07, 6.45) is 3.08. The van der Waals surface area contributed by atoms with Crippen LogP contribution in [-0.4, -0.2) is 45.9 Å².